The Labute approximate surface area is 244 Å². The van der Waals surface area contributed by atoms with Crippen LogP contribution >= 0.6 is 0 Å². The van der Waals surface area contributed by atoms with Crippen LogP contribution in [0.15, 0.2) is 60.7 Å². The highest BCUT2D eigenvalue weighted by atomic mass is 19.4. The molecule has 2 aromatic rings. The fourth-order valence-electron chi connectivity index (χ4n) is 4.78. The summed E-state index contributed by atoms with van der Waals surface area (Å²) in [6.45, 7) is 5.57. The number of aliphatic hydroxyl groups is 3. The van der Waals surface area contributed by atoms with Crippen LogP contribution in [-0.2, 0) is 17.6 Å². The van der Waals surface area contributed by atoms with Crippen molar-refractivity contribution in [2.24, 2.45) is 0 Å². The van der Waals surface area contributed by atoms with Gasteiger partial charge < -0.3 is 31.1 Å². The Hall–Kier alpha value is -3.19. The minimum Gasteiger partial charge on any atom is -0.465 e. The molecule has 0 bridgehead atoms. The monoisotopic (exact) mass is 597 g/mol. The summed E-state index contributed by atoms with van der Waals surface area (Å²) in [7, 11) is 0. The van der Waals surface area contributed by atoms with E-state index in [1.165, 1.54) is 4.90 Å². The zero-order chi connectivity index (χ0) is 31.7. The SMILES string of the molecule is CC(O)(CC(F)(F)F)C(=O)N[C@@H](Cc1ccccc1)[C@H](O)CNC[C@@H](O)[C@H](Cc1ccccc1)N(C(=O)O)C(C)(C)C. The predicted molar refractivity (Wildman–Crippen MR) is 152 cm³/mol. The number of hydrogen-bond acceptors (Lipinski definition) is 6. The number of nitrogens with zero attached hydrogens (tertiary/aromatic N) is 1. The summed E-state index contributed by atoms with van der Waals surface area (Å²) >= 11 is 0. The van der Waals surface area contributed by atoms with E-state index in [2.05, 4.69) is 10.6 Å². The van der Waals surface area contributed by atoms with Crippen LogP contribution in [0.25, 0.3) is 0 Å². The summed E-state index contributed by atoms with van der Waals surface area (Å²) in [6.07, 6.45) is -10.0. The molecule has 6 N–H and O–H groups in total. The van der Waals surface area contributed by atoms with Crippen LogP contribution in [0.2, 0.25) is 0 Å². The molecular weight excluding hydrogens is 555 g/mol. The Morgan fingerprint density at radius 2 is 1.31 bits per heavy atom. The van der Waals surface area contributed by atoms with E-state index in [-0.39, 0.29) is 25.9 Å². The Kier molecular flexibility index (Phi) is 12.3. The molecule has 0 spiro atoms. The van der Waals surface area contributed by atoms with Crippen molar-refractivity contribution in [1.29, 1.82) is 0 Å². The first-order chi connectivity index (χ1) is 19.4. The second-order valence-electron chi connectivity index (χ2n) is 11.7. The summed E-state index contributed by atoms with van der Waals surface area (Å²) in [6, 6.07) is 15.8. The number of carbonyl (C=O) groups excluding carboxylic acids is 1. The molecule has 234 valence electrons. The molecule has 12 heteroatoms. The molecule has 42 heavy (non-hydrogen) atoms. The lowest BCUT2D eigenvalue weighted by molar-refractivity contribution is -0.181. The maximum Gasteiger partial charge on any atom is 0.408 e. The van der Waals surface area contributed by atoms with Crippen LogP contribution in [0.5, 0.6) is 0 Å². The number of carboxylic acid groups (broad SMARTS) is 1. The highest BCUT2D eigenvalue weighted by Crippen LogP contribution is 2.28. The highest BCUT2D eigenvalue weighted by molar-refractivity contribution is 5.84. The van der Waals surface area contributed by atoms with Crippen molar-refractivity contribution < 1.29 is 43.2 Å². The van der Waals surface area contributed by atoms with E-state index < -0.39 is 60.0 Å². The van der Waals surface area contributed by atoms with E-state index >= 15 is 0 Å². The van der Waals surface area contributed by atoms with Gasteiger partial charge in [0.15, 0.2) is 0 Å². The van der Waals surface area contributed by atoms with Crippen molar-refractivity contribution in [2.75, 3.05) is 13.1 Å². The molecule has 2 aromatic carbocycles. The Bertz CT molecular complexity index is 1130. The zero-order valence-electron chi connectivity index (χ0n) is 24.3. The first-order valence-electron chi connectivity index (χ1n) is 13.7. The quantitative estimate of drug-likeness (QED) is 0.197. The van der Waals surface area contributed by atoms with Crippen LogP contribution < -0.4 is 10.6 Å². The molecule has 0 saturated carbocycles. The first-order valence-corrected chi connectivity index (χ1v) is 13.7. The molecule has 2 rings (SSSR count). The summed E-state index contributed by atoms with van der Waals surface area (Å²) in [4.78, 5) is 26.0. The zero-order valence-corrected chi connectivity index (χ0v) is 24.3. The second-order valence-corrected chi connectivity index (χ2v) is 11.7. The van der Waals surface area contributed by atoms with Crippen molar-refractivity contribution in [3.8, 4) is 0 Å². The minimum absolute atomic E-state index is 0.0491. The molecule has 0 aliphatic carbocycles. The van der Waals surface area contributed by atoms with Gasteiger partial charge in [-0.05, 0) is 51.7 Å². The Morgan fingerprint density at radius 3 is 1.76 bits per heavy atom. The summed E-state index contributed by atoms with van der Waals surface area (Å²) in [5, 5.41) is 47.5. The molecular formula is C30H42F3N3O6. The van der Waals surface area contributed by atoms with Crippen LogP contribution in [0.3, 0.4) is 0 Å². The highest BCUT2D eigenvalue weighted by Gasteiger charge is 2.44. The summed E-state index contributed by atoms with van der Waals surface area (Å²) in [5.41, 5.74) is -2.10. The van der Waals surface area contributed by atoms with Crippen LogP contribution in [0, 0.1) is 0 Å². The van der Waals surface area contributed by atoms with Crippen LogP contribution in [0.1, 0.15) is 45.2 Å². The first kappa shape index (κ1) is 35.0. The second kappa shape index (κ2) is 14.8. The van der Waals surface area contributed by atoms with Crippen molar-refractivity contribution in [2.45, 2.75) is 88.6 Å². The van der Waals surface area contributed by atoms with Gasteiger partial charge in [0, 0.05) is 18.6 Å². The van der Waals surface area contributed by atoms with Crippen molar-refractivity contribution in [1.82, 2.24) is 15.5 Å². The van der Waals surface area contributed by atoms with Gasteiger partial charge in [-0.1, -0.05) is 60.7 Å². The third-order valence-corrected chi connectivity index (χ3v) is 6.81. The summed E-state index contributed by atoms with van der Waals surface area (Å²) < 4.78 is 38.7. The molecule has 0 aliphatic heterocycles. The number of hydrogen-bond donors (Lipinski definition) is 6. The maximum absolute atomic E-state index is 12.9. The normalized spacial score (nSPS) is 16.5. The Balaban J connectivity index is 2.18. The molecule has 1 unspecified atom stereocenters. The van der Waals surface area contributed by atoms with E-state index in [4.69, 9.17) is 0 Å². The van der Waals surface area contributed by atoms with Gasteiger partial charge >= 0.3 is 12.3 Å². The lowest BCUT2D eigenvalue weighted by atomic mass is 9.94. The van der Waals surface area contributed by atoms with Gasteiger partial charge in [0.2, 0.25) is 0 Å². The van der Waals surface area contributed by atoms with Gasteiger partial charge in [0.05, 0.1) is 30.7 Å². The van der Waals surface area contributed by atoms with Crippen LogP contribution in [-0.4, -0.2) is 92.0 Å². The number of aliphatic hydroxyl groups excluding tert-OH is 2. The van der Waals surface area contributed by atoms with Crippen LogP contribution in [0.4, 0.5) is 18.0 Å². The smallest absolute Gasteiger partial charge is 0.408 e. The van der Waals surface area contributed by atoms with Crippen molar-refractivity contribution in [3.63, 3.8) is 0 Å². The number of halogens is 3. The third-order valence-electron chi connectivity index (χ3n) is 6.81. The standard InChI is InChI=1S/C30H42F3N3O6/c1-28(2,3)36(27(40)41)23(16-21-13-9-6-10-14-21)25(38)18-34-17-24(37)22(15-20-11-7-5-8-12-20)35-26(39)29(4,42)19-30(31,32)33/h5-14,22-25,34,37-38,42H,15-19H2,1-4H3,(H,35,39)(H,40,41)/t22-,23-,24+,25+,29?/m0/s1. The van der Waals surface area contributed by atoms with E-state index in [1.807, 2.05) is 30.3 Å². The molecule has 0 fully saturated rings. The molecule has 0 aliphatic rings. The molecule has 0 aromatic heterocycles. The van der Waals surface area contributed by atoms with Gasteiger partial charge in [-0.3, -0.25) is 9.69 Å². The lowest BCUT2D eigenvalue weighted by Gasteiger charge is -2.42. The average Bonchev–Trinajstić information content (AvgIpc) is 2.86. The van der Waals surface area contributed by atoms with Gasteiger partial charge in [0.25, 0.3) is 5.91 Å². The lowest BCUT2D eigenvalue weighted by Crippen LogP contribution is -2.59. The third kappa shape index (κ3) is 11.2. The number of rotatable bonds is 14. The topological polar surface area (TPSA) is 142 Å². The fraction of sp³-hybridized carbons (Fsp3) is 0.533. The molecule has 2 amide bonds. The molecule has 0 heterocycles. The Morgan fingerprint density at radius 1 is 0.833 bits per heavy atom. The number of amides is 2. The maximum atomic E-state index is 12.9. The van der Waals surface area contributed by atoms with E-state index in [1.54, 1.807) is 51.1 Å². The van der Waals surface area contributed by atoms with Crippen molar-refractivity contribution in [3.05, 3.63) is 71.8 Å². The number of alkyl halides is 3. The number of carbonyl (C=O) groups is 2. The fourth-order valence-corrected chi connectivity index (χ4v) is 4.78. The van der Waals surface area contributed by atoms with Crippen molar-refractivity contribution >= 4 is 12.0 Å². The number of benzene rings is 2. The van der Waals surface area contributed by atoms with E-state index in [9.17, 15) is 43.2 Å². The van der Waals surface area contributed by atoms with E-state index in [0.717, 1.165) is 12.5 Å². The molecule has 9 nitrogen and oxygen atoms in total. The predicted octanol–water partition coefficient (Wildman–Crippen LogP) is 3.12. The largest absolute Gasteiger partial charge is 0.465 e. The molecule has 0 saturated heterocycles. The molecule has 0 radical (unpaired) electrons. The van der Waals surface area contributed by atoms with Gasteiger partial charge in [-0.15, -0.1) is 0 Å². The van der Waals surface area contributed by atoms with Gasteiger partial charge in [-0.25, -0.2) is 4.79 Å². The van der Waals surface area contributed by atoms with Gasteiger partial charge in [-0.2, -0.15) is 13.2 Å². The van der Waals surface area contributed by atoms with E-state index in [0.29, 0.717) is 5.56 Å². The molecule has 5 atom stereocenters. The van der Waals surface area contributed by atoms with Gasteiger partial charge in [0.1, 0.15) is 5.60 Å². The summed E-state index contributed by atoms with van der Waals surface area (Å²) in [5.74, 6) is -1.29. The average molecular weight is 598 g/mol. The minimum atomic E-state index is -4.79. The number of nitrogens with one attached hydrogen (secondary N) is 2.